The Morgan fingerprint density at radius 2 is 2.00 bits per heavy atom. The maximum absolute atomic E-state index is 13.1. The van der Waals surface area contributed by atoms with Gasteiger partial charge in [-0.2, -0.15) is 4.72 Å². The zero-order chi connectivity index (χ0) is 13.9. The molecule has 8 heteroatoms. The van der Waals surface area contributed by atoms with Crippen LogP contribution in [0.2, 0.25) is 0 Å². The fourth-order valence-corrected chi connectivity index (χ4v) is 2.58. The summed E-state index contributed by atoms with van der Waals surface area (Å²) < 4.78 is 38.9. The molecule has 1 aromatic carbocycles. The van der Waals surface area contributed by atoms with Crippen LogP contribution in [-0.4, -0.2) is 27.4 Å². The summed E-state index contributed by atoms with van der Waals surface area (Å²) in [6.45, 7) is 1.37. The number of rotatable bonds is 4. The lowest BCUT2D eigenvalue weighted by molar-refractivity contribution is -0.121. The van der Waals surface area contributed by atoms with Crippen molar-refractivity contribution < 1.29 is 17.6 Å². The van der Waals surface area contributed by atoms with E-state index < -0.39 is 27.8 Å². The van der Waals surface area contributed by atoms with E-state index in [9.17, 15) is 17.6 Å². The number of benzene rings is 1. The lowest BCUT2D eigenvalue weighted by Crippen LogP contribution is -2.43. The van der Waals surface area contributed by atoms with E-state index in [-0.39, 0.29) is 10.6 Å². The summed E-state index contributed by atoms with van der Waals surface area (Å²) >= 11 is 0. The molecule has 6 nitrogen and oxygen atoms in total. The van der Waals surface area contributed by atoms with E-state index in [1.807, 2.05) is 0 Å². The largest absolute Gasteiger partial charge is 0.399 e. The molecule has 0 aliphatic carbocycles. The average Bonchev–Trinajstić information content (AvgIpc) is 2.26. The molecule has 0 fully saturated rings. The Bertz CT molecular complexity index is 539. The minimum atomic E-state index is -3.99. The topological polar surface area (TPSA) is 101 Å². The van der Waals surface area contributed by atoms with Gasteiger partial charge in [0.25, 0.3) is 0 Å². The quantitative estimate of drug-likeness (QED) is 0.663. The first kappa shape index (κ1) is 14.4. The Morgan fingerprint density at radius 1 is 1.39 bits per heavy atom. The zero-order valence-electron chi connectivity index (χ0n) is 9.90. The maximum atomic E-state index is 13.1. The molecule has 0 aliphatic heterocycles. The SMILES string of the molecule is CNC(=O)C(C)NS(=O)(=O)c1cc(N)cc(F)c1. The molecular formula is C10H14FN3O3S. The number of nitrogens with two attached hydrogens (primary N) is 1. The van der Waals surface area contributed by atoms with Crippen LogP contribution in [0.3, 0.4) is 0 Å². The lowest BCUT2D eigenvalue weighted by Gasteiger charge is -2.13. The summed E-state index contributed by atoms with van der Waals surface area (Å²) in [6, 6.07) is 1.97. The van der Waals surface area contributed by atoms with Gasteiger partial charge in [-0.15, -0.1) is 0 Å². The molecule has 1 aromatic rings. The van der Waals surface area contributed by atoms with Gasteiger partial charge in [-0.05, 0) is 25.1 Å². The third kappa shape index (κ3) is 3.41. The van der Waals surface area contributed by atoms with Crippen molar-refractivity contribution in [3.63, 3.8) is 0 Å². The fourth-order valence-electron chi connectivity index (χ4n) is 1.31. The maximum Gasteiger partial charge on any atom is 0.241 e. The highest BCUT2D eigenvalue weighted by atomic mass is 32.2. The third-order valence-corrected chi connectivity index (χ3v) is 3.70. The summed E-state index contributed by atoms with van der Waals surface area (Å²) in [5, 5.41) is 2.30. The highest BCUT2D eigenvalue weighted by molar-refractivity contribution is 7.89. The van der Waals surface area contributed by atoms with Crippen LogP contribution in [0.15, 0.2) is 23.1 Å². The van der Waals surface area contributed by atoms with Crippen molar-refractivity contribution in [3.05, 3.63) is 24.0 Å². The number of halogens is 1. The van der Waals surface area contributed by atoms with Gasteiger partial charge in [0.15, 0.2) is 0 Å². The van der Waals surface area contributed by atoms with Crippen LogP contribution in [0.4, 0.5) is 10.1 Å². The van der Waals surface area contributed by atoms with Gasteiger partial charge in [0.2, 0.25) is 15.9 Å². The third-order valence-electron chi connectivity index (χ3n) is 2.18. The predicted molar refractivity (Wildman–Crippen MR) is 64.7 cm³/mol. The Balaban J connectivity index is 3.03. The van der Waals surface area contributed by atoms with Crippen molar-refractivity contribution >= 4 is 21.6 Å². The molecule has 1 rings (SSSR count). The number of hydrogen-bond donors (Lipinski definition) is 3. The molecule has 0 aromatic heterocycles. The second-order valence-electron chi connectivity index (χ2n) is 3.68. The van der Waals surface area contributed by atoms with Crippen molar-refractivity contribution in [2.75, 3.05) is 12.8 Å². The standard InChI is InChI=1S/C10H14FN3O3S/c1-6(10(15)13-2)14-18(16,17)9-4-7(11)3-8(12)5-9/h3-6,14H,12H2,1-2H3,(H,13,15). The van der Waals surface area contributed by atoms with E-state index in [1.54, 1.807) is 0 Å². The molecular weight excluding hydrogens is 261 g/mol. The van der Waals surface area contributed by atoms with Gasteiger partial charge in [0.1, 0.15) is 5.82 Å². The molecule has 1 amide bonds. The molecule has 0 saturated heterocycles. The zero-order valence-corrected chi connectivity index (χ0v) is 10.7. The van der Waals surface area contributed by atoms with Gasteiger partial charge in [0.05, 0.1) is 10.9 Å². The van der Waals surface area contributed by atoms with Crippen LogP contribution >= 0.6 is 0 Å². The van der Waals surface area contributed by atoms with Crippen molar-refractivity contribution in [1.29, 1.82) is 0 Å². The average molecular weight is 275 g/mol. The first-order valence-corrected chi connectivity index (χ1v) is 6.54. The highest BCUT2D eigenvalue weighted by Crippen LogP contribution is 2.15. The molecule has 0 bridgehead atoms. The molecule has 0 spiro atoms. The van der Waals surface area contributed by atoms with Gasteiger partial charge in [0, 0.05) is 12.7 Å². The molecule has 1 atom stereocenters. The second-order valence-corrected chi connectivity index (χ2v) is 5.39. The molecule has 0 saturated carbocycles. The number of nitrogens with one attached hydrogen (secondary N) is 2. The number of hydrogen-bond acceptors (Lipinski definition) is 4. The first-order chi connectivity index (χ1) is 8.26. The van der Waals surface area contributed by atoms with Gasteiger partial charge in [-0.1, -0.05) is 0 Å². The lowest BCUT2D eigenvalue weighted by atomic mass is 10.3. The molecule has 0 heterocycles. The van der Waals surface area contributed by atoms with E-state index in [2.05, 4.69) is 10.0 Å². The summed E-state index contributed by atoms with van der Waals surface area (Å²) in [6.07, 6.45) is 0. The van der Waals surface area contributed by atoms with Gasteiger partial charge in [-0.3, -0.25) is 4.79 Å². The molecule has 0 radical (unpaired) electrons. The molecule has 0 aliphatic rings. The van der Waals surface area contributed by atoms with E-state index >= 15 is 0 Å². The summed E-state index contributed by atoms with van der Waals surface area (Å²) in [7, 11) is -2.61. The van der Waals surface area contributed by atoms with Crippen LogP contribution < -0.4 is 15.8 Å². The first-order valence-electron chi connectivity index (χ1n) is 5.06. The second kappa shape index (κ2) is 5.32. The predicted octanol–water partition coefficient (Wildman–Crippen LogP) is -0.179. The van der Waals surface area contributed by atoms with Crippen molar-refractivity contribution in [1.82, 2.24) is 10.0 Å². The summed E-state index contributed by atoms with van der Waals surface area (Å²) in [5.41, 5.74) is 5.35. The van der Waals surface area contributed by atoms with Crippen molar-refractivity contribution in [2.45, 2.75) is 17.9 Å². The van der Waals surface area contributed by atoms with Gasteiger partial charge in [-0.25, -0.2) is 12.8 Å². The van der Waals surface area contributed by atoms with Crippen LogP contribution in [0.1, 0.15) is 6.92 Å². The van der Waals surface area contributed by atoms with Crippen LogP contribution in [0.25, 0.3) is 0 Å². The van der Waals surface area contributed by atoms with E-state index in [1.165, 1.54) is 14.0 Å². The van der Waals surface area contributed by atoms with Gasteiger partial charge >= 0.3 is 0 Å². The van der Waals surface area contributed by atoms with E-state index in [0.29, 0.717) is 0 Å². The minimum absolute atomic E-state index is 0.0111. The normalized spacial score (nSPS) is 13.1. The van der Waals surface area contributed by atoms with Crippen LogP contribution in [0.5, 0.6) is 0 Å². The fraction of sp³-hybridized carbons (Fsp3) is 0.300. The molecule has 100 valence electrons. The van der Waals surface area contributed by atoms with E-state index in [0.717, 1.165) is 18.2 Å². The highest BCUT2D eigenvalue weighted by Gasteiger charge is 2.22. The Hall–Kier alpha value is -1.67. The number of sulfonamides is 1. The Morgan fingerprint density at radius 3 is 2.50 bits per heavy atom. The number of carbonyl (C=O) groups excluding carboxylic acids is 1. The van der Waals surface area contributed by atoms with Gasteiger partial charge < -0.3 is 11.1 Å². The smallest absolute Gasteiger partial charge is 0.241 e. The number of carbonyl (C=O) groups is 1. The number of likely N-dealkylation sites (N-methyl/N-ethyl adjacent to an activating group) is 1. The molecule has 18 heavy (non-hydrogen) atoms. The minimum Gasteiger partial charge on any atom is -0.399 e. The number of amides is 1. The Labute approximate surface area is 104 Å². The molecule has 1 unspecified atom stereocenters. The summed E-state index contributed by atoms with van der Waals surface area (Å²) in [4.78, 5) is 10.9. The van der Waals surface area contributed by atoms with E-state index in [4.69, 9.17) is 5.73 Å². The van der Waals surface area contributed by atoms with Crippen LogP contribution in [-0.2, 0) is 14.8 Å². The monoisotopic (exact) mass is 275 g/mol. The van der Waals surface area contributed by atoms with Crippen molar-refractivity contribution in [3.8, 4) is 0 Å². The molecule has 4 N–H and O–H groups in total. The number of anilines is 1. The van der Waals surface area contributed by atoms with Crippen LogP contribution in [0, 0.1) is 5.82 Å². The Kier molecular flexibility index (Phi) is 4.25. The summed E-state index contributed by atoms with van der Waals surface area (Å²) in [5.74, 6) is -1.26. The number of nitrogen functional groups attached to an aromatic ring is 1. The van der Waals surface area contributed by atoms with Crippen molar-refractivity contribution in [2.24, 2.45) is 0 Å².